The van der Waals surface area contributed by atoms with E-state index in [4.69, 9.17) is 0 Å². The number of para-hydroxylation sites is 1. The molecular formula is C17H24N2O2S. The number of nitrogens with one attached hydrogen (secondary N) is 1. The van der Waals surface area contributed by atoms with Crippen molar-refractivity contribution in [2.75, 3.05) is 12.9 Å². The first kappa shape index (κ1) is 16.9. The standard InChI is InChI=1S/C17H24N2O2S/c1-12(16(11-20)22-3)18-17(21)9-8-13-10-19(2)15-7-5-4-6-14(13)15/h4-7,10,12,16,20H,8-9,11H2,1-3H3,(H,18,21). The van der Waals surface area contributed by atoms with Gasteiger partial charge in [0.1, 0.15) is 0 Å². The molecule has 0 spiro atoms. The van der Waals surface area contributed by atoms with E-state index in [1.165, 1.54) is 16.5 Å². The number of aryl methyl sites for hydroxylation is 2. The molecule has 0 aliphatic heterocycles. The van der Waals surface area contributed by atoms with Crippen LogP contribution >= 0.6 is 11.8 Å². The molecule has 1 aromatic carbocycles. The Morgan fingerprint density at radius 1 is 1.41 bits per heavy atom. The highest BCUT2D eigenvalue weighted by atomic mass is 32.2. The van der Waals surface area contributed by atoms with Gasteiger partial charge in [0, 0.05) is 41.9 Å². The first-order chi connectivity index (χ1) is 10.6. The Morgan fingerprint density at radius 3 is 2.82 bits per heavy atom. The molecular weight excluding hydrogens is 296 g/mol. The van der Waals surface area contributed by atoms with E-state index in [2.05, 4.69) is 28.2 Å². The molecule has 0 fully saturated rings. The summed E-state index contributed by atoms with van der Waals surface area (Å²) in [4.78, 5) is 12.1. The highest BCUT2D eigenvalue weighted by molar-refractivity contribution is 7.99. The molecule has 5 heteroatoms. The number of thioether (sulfide) groups is 1. The van der Waals surface area contributed by atoms with Gasteiger partial charge in [0.2, 0.25) is 5.91 Å². The molecule has 2 rings (SSSR count). The number of aliphatic hydroxyl groups excluding tert-OH is 1. The van der Waals surface area contributed by atoms with Gasteiger partial charge in [0.25, 0.3) is 0 Å². The number of hydrogen-bond donors (Lipinski definition) is 2. The Bertz CT molecular complexity index is 635. The molecule has 2 aromatic rings. The summed E-state index contributed by atoms with van der Waals surface area (Å²) >= 11 is 1.57. The largest absolute Gasteiger partial charge is 0.395 e. The van der Waals surface area contributed by atoms with E-state index in [-0.39, 0.29) is 23.8 Å². The van der Waals surface area contributed by atoms with Crippen molar-refractivity contribution in [2.45, 2.75) is 31.1 Å². The van der Waals surface area contributed by atoms with Crippen molar-refractivity contribution in [3.63, 3.8) is 0 Å². The summed E-state index contributed by atoms with van der Waals surface area (Å²) in [5.74, 6) is 0.0351. The van der Waals surface area contributed by atoms with Crippen LogP contribution in [0.4, 0.5) is 0 Å². The minimum absolute atomic E-state index is 0.0278. The molecule has 0 aliphatic rings. The Balaban J connectivity index is 1.96. The van der Waals surface area contributed by atoms with Crippen molar-refractivity contribution in [1.29, 1.82) is 0 Å². The summed E-state index contributed by atoms with van der Waals surface area (Å²) in [6.07, 6.45) is 5.23. The molecule has 0 bridgehead atoms. The smallest absolute Gasteiger partial charge is 0.220 e. The van der Waals surface area contributed by atoms with Gasteiger partial charge in [-0.2, -0.15) is 11.8 Å². The van der Waals surface area contributed by atoms with Crippen LogP contribution in [0.25, 0.3) is 10.9 Å². The van der Waals surface area contributed by atoms with Crippen molar-refractivity contribution >= 4 is 28.6 Å². The van der Waals surface area contributed by atoms with E-state index in [1.54, 1.807) is 11.8 Å². The molecule has 0 saturated carbocycles. The predicted molar refractivity (Wildman–Crippen MR) is 93.2 cm³/mol. The normalized spacial score (nSPS) is 14.0. The molecule has 1 aromatic heterocycles. The van der Waals surface area contributed by atoms with E-state index < -0.39 is 0 Å². The third-order valence-electron chi connectivity index (χ3n) is 4.03. The summed E-state index contributed by atoms with van der Waals surface area (Å²) in [5, 5.41) is 13.5. The van der Waals surface area contributed by atoms with Gasteiger partial charge < -0.3 is 15.0 Å². The van der Waals surface area contributed by atoms with Gasteiger partial charge >= 0.3 is 0 Å². The summed E-state index contributed by atoms with van der Waals surface area (Å²) < 4.78 is 2.10. The van der Waals surface area contributed by atoms with Crippen molar-refractivity contribution in [2.24, 2.45) is 7.05 Å². The van der Waals surface area contributed by atoms with Crippen molar-refractivity contribution in [3.8, 4) is 0 Å². The molecule has 22 heavy (non-hydrogen) atoms. The predicted octanol–water partition coefficient (Wildman–Crippen LogP) is 2.34. The van der Waals surface area contributed by atoms with E-state index in [1.807, 2.05) is 32.4 Å². The number of benzene rings is 1. The first-order valence-corrected chi connectivity index (χ1v) is 8.81. The lowest BCUT2D eigenvalue weighted by Gasteiger charge is -2.21. The van der Waals surface area contributed by atoms with Gasteiger partial charge in [-0.05, 0) is 31.2 Å². The van der Waals surface area contributed by atoms with Crippen LogP contribution in [0.1, 0.15) is 18.9 Å². The van der Waals surface area contributed by atoms with E-state index in [0.717, 1.165) is 6.42 Å². The van der Waals surface area contributed by atoms with Gasteiger partial charge in [-0.15, -0.1) is 0 Å². The van der Waals surface area contributed by atoms with E-state index in [9.17, 15) is 9.90 Å². The Morgan fingerprint density at radius 2 is 2.14 bits per heavy atom. The van der Waals surface area contributed by atoms with Gasteiger partial charge in [-0.25, -0.2) is 0 Å². The van der Waals surface area contributed by atoms with Crippen molar-refractivity contribution in [1.82, 2.24) is 9.88 Å². The Hall–Kier alpha value is -1.46. The van der Waals surface area contributed by atoms with Crippen LogP contribution in [0.15, 0.2) is 30.5 Å². The zero-order valence-corrected chi connectivity index (χ0v) is 14.2. The maximum absolute atomic E-state index is 12.1. The quantitative estimate of drug-likeness (QED) is 0.823. The maximum atomic E-state index is 12.1. The maximum Gasteiger partial charge on any atom is 0.220 e. The molecule has 120 valence electrons. The number of rotatable bonds is 7. The summed E-state index contributed by atoms with van der Waals surface area (Å²) in [7, 11) is 2.03. The molecule has 2 N–H and O–H groups in total. The number of carbonyl (C=O) groups is 1. The SMILES string of the molecule is CSC(CO)C(C)NC(=O)CCc1cn(C)c2ccccc12. The highest BCUT2D eigenvalue weighted by Gasteiger charge is 2.17. The highest BCUT2D eigenvalue weighted by Crippen LogP contribution is 2.21. The van der Waals surface area contributed by atoms with Crippen LogP contribution in [-0.2, 0) is 18.3 Å². The lowest BCUT2D eigenvalue weighted by atomic mass is 10.1. The number of amides is 1. The van der Waals surface area contributed by atoms with Gasteiger partial charge in [-0.1, -0.05) is 18.2 Å². The molecule has 0 saturated heterocycles. The molecule has 4 nitrogen and oxygen atoms in total. The van der Waals surface area contributed by atoms with E-state index in [0.29, 0.717) is 6.42 Å². The lowest BCUT2D eigenvalue weighted by molar-refractivity contribution is -0.121. The third kappa shape index (κ3) is 3.84. The van der Waals surface area contributed by atoms with Crippen LogP contribution < -0.4 is 5.32 Å². The van der Waals surface area contributed by atoms with Crippen LogP contribution in [0.5, 0.6) is 0 Å². The second-order valence-electron chi connectivity index (χ2n) is 5.60. The average molecular weight is 320 g/mol. The minimum Gasteiger partial charge on any atom is -0.395 e. The van der Waals surface area contributed by atoms with Gasteiger partial charge in [-0.3, -0.25) is 4.79 Å². The zero-order chi connectivity index (χ0) is 16.1. The summed E-state index contributed by atoms with van der Waals surface area (Å²) in [5.41, 5.74) is 2.39. The fraction of sp³-hybridized carbons (Fsp3) is 0.471. The number of aliphatic hydroxyl groups is 1. The number of carbonyl (C=O) groups excluding carboxylic acids is 1. The number of nitrogens with zero attached hydrogens (tertiary/aromatic N) is 1. The fourth-order valence-corrected chi connectivity index (χ4v) is 3.35. The number of fused-ring (bicyclic) bond motifs is 1. The minimum atomic E-state index is -0.0278. The molecule has 0 radical (unpaired) electrons. The van der Waals surface area contributed by atoms with Crippen molar-refractivity contribution < 1.29 is 9.90 Å². The second kappa shape index (κ2) is 7.70. The second-order valence-corrected chi connectivity index (χ2v) is 6.67. The summed E-state index contributed by atoms with van der Waals surface area (Å²) in [6.45, 7) is 2.01. The first-order valence-electron chi connectivity index (χ1n) is 7.52. The molecule has 0 aliphatic carbocycles. The topological polar surface area (TPSA) is 54.3 Å². The molecule has 2 unspecified atom stereocenters. The monoisotopic (exact) mass is 320 g/mol. The van der Waals surface area contributed by atoms with E-state index >= 15 is 0 Å². The number of hydrogen-bond acceptors (Lipinski definition) is 3. The van der Waals surface area contributed by atoms with Crippen LogP contribution in [-0.4, -0.2) is 39.7 Å². The Kier molecular flexibility index (Phi) is 5.91. The molecule has 1 heterocycles. The average Bonchev–Trinajstić information content (AvgIpc) is 2.83. The fourth-order valence-electron chi connectivity index (χ4n) is 2.73. The lowest BCUT2D eigenvalue weighted by Crippen LogP contribution is -2.41. The van der Waals surface area contributed by atoms with Crippen LogP contribution in [0, 0.1) is 0 Å². The number of aromatic nitrogens is 1. The van der Waals surface area contributed by atoms with Crippen LogP contribution in [0.2, 0.25) is 0 Å². The summed E-state index contributed by atoms with van der Waals surface area (Å²) in [6, 6.07) is 8.21. The van der Waals surface area contributed by atoms with Crippen molar-refractivity contribution in [3.05, 3.63) is 36.0 Å². The molecule has 1 amide bonds. The Labute approximate surface area is 135 Å². The van der Waals surface area contributed by atoms with Crippen LogP contribution in [0.3, 0.4) is 0 Å². The van der Waals surface area contributed by atoms with Gasteiger partial charge in [0.15, 0.2) is 0 Å². The zero-order valence-electron chi connectivity index (χ0n) is 13.4. The molecule has 2 atom stereocenters. The third-order valence-corrected chi connectivity index (χ3v) is 5.19. The van der Waals surface area contributed by atoms with Gasteiger partial charge in [0.05, 0.1) is 6.61 Å².